The lowest BCUT2D eigenvalue weighted by atomic mass is 10.3. The topological polar surface area (TPSA) is 52.3 Å². The van der Waals surface area contributed by atoms with Gasteiger partial charge in [-0.2, -0.15) is 11.8 Å². The lowest BCUT2D eigenvalue weighted by Gasteiger charge is -2.07. The highest BCUT2D eigenvalue weighted by Gasteiger charge is 2.08. The Morgan fingerprint density at radius 3 is 2.87 bits per heavy atom. The third-order valence-corrected chi connectivity index (χ3v) is 4.23. The lowest BCUT2D eigenvalue weighted by molar-refractivity contribution is 0.413. The van der Waals surface area contributed by atoms with Crippen LogP contribution in [-0.2, 0) is 10.8 Å². The standard InChI is InChI=1S/C10H15NO2S2/c1-13-8-3-4-9(11)10(7-8)15(12)6-5-14-2/h3-4,7H,5-6,11H2,1-2H3. The van der Waals surface area contributed by atoms with Crippen LogP contribution in [0.4, 0.5) is 5.69 Å². The largest absolute Gasteiger partial charge is 0.497 e. The fourth-order valence-corrected chi connectivity index (χ4v) is 3.18. The minimum absolute atomic E-state index is 0.565. The van der Waals surface area contributed by atoms with Crippen molar-refractivity contribution in [2.75, 3.05) is 30.6 Å². The number of rotatable bonds is 5. The van der Waals surface area contributed by atoms with Crippen LogP contribution in [0, 0.1) is 0 Å². The SMILES string of the molecule is COc1ccc(N)c(S(=O)CCSC)c1. The summed E-state index contributed by atoms with van der Waals surface area (Å²) in [4.78, 5) is 0.670. The highest BCUT2D eigenvalue weighted by Crippen LogP contribution is 2.23. The first-order valence-corrected chi connectivity index (χ1v) is 7.21. The van der Waals surface area contributed by atoms with Crippen molar-refractivity contribution in [1.29, 1.82) is 0 Å². The Kier molecular flexibility index (Phi) is 4.98. The Morgan fingerprint density at radius 1 is 1.53 bits per heavy atom. The molecule has 0 amide bonds. The van der Waals surface area contributed by atoms with E-state index in [0.717, 1.165) is 5.75 Å². The van der Waals surface area contributed by atoms with E-state index in [2.05, 4.69) is 0 Å². The van der Waals surface area contributed by atoms with E-state index in [1.165, 1.54) is 0 Å². The van der Waals surface area contributed by atoms with Crippen molar-refractivity contribution >= 4 is 28.2 Å². The van der Waals surface area contributed by atoms with Crippen LogP contribution in [0.15, 0.2) is 23.1 Å². The molecule has 0 saturated heterocycles. The van der Waals surface area contributed by atoms with Crippen LogP contribution in [0.1, 0.15) is 0 Å². The van der Waals surface area contributed by atoms with E-state index in [-0.39, 0.29) is 0 Å². The maximum atomic E-state index is 11.9. The number of thioether (sulfide) groups is 1. The summed E-state index contributed by atoms with van der Waals surface area (Å²) in [5, 5.41) is 0. The Labute approximate surface area is 96.8 Å². The van der Waals surface area contributed by atoms with Crippen LogP contribution < -0.4 is 10.5 Å². The van der Waals surface area contributed by atoms with E-state index in [1.807, 2.05) is 6.26 Å². The van der Waals surface area contributed by atoms with Crippen molar-refractivity contribution in [2.45, 2.75) is 4.90 Å². The predicted octanol–water partition coefficient (Wildman–Crippen LogP) is 1.75. The van der Waals surface area contributed by atoms with Crippen molar-refractivity contribution in [3.63, 3.8) is 0 Å². The maximum Gasteiger partial charge on any atom is 0.120 e. The molecule has 1 atom stereocenters. The molecule has 1 aromatic rings. The van der Waals surface area contributed by atoms with Gasteiger partial charge in [-0.25, -0.2) is 0 Å². The quantitative estimate of drug-likeness (QED) is 0.803. The van der Waals surface area contributed by atoms with Crippen LogP contribution in [-0.4, -0.2) is 29.1 Å². The first-order chi connectivity index (χ1) is 7.19. The molecule has 0 spiro atoms. The summed E-state index contributed by atoms with van der Waals surface area (Å²) in [6.07, 6.45) is 1.99. The Balaban J connectivity index is 2.86. The van der Waals surface area contributed by atoms with E-state index < -0.39 is 10.8 Å². The predicted molar refractivity (Wildman–Crippen MR) is 67.1 cm³/mol. The summed E-state index contributed by atoms with van der Waals surface area (Å²) in [6, 6.07) is 5.24. The van der Waals surface area contributed by atoms with Gasteiger partial charge in [-0.05, 0) is 24.5 Å². The van der Waals surface area contributed by atoms with E-state index in [1.54, 1.807) is 37.1 Å². The van der Waals surface area contributed by atoms with Gasteiger partial charge in [-0.15, -0.1) is 0 Å². The minimum Gasteiger partial charge on any atom is -0.497 e. The van der Waals surface area contributed by atoms with Gasteiger partial charge in [0.05, 0.1) is 22.8 Å². The molecule has 1 aromatic carbocycles. The van der Waals surface area contributed by atoms with E-state index in [9.17, 15) is 4.21 Å². The highest BCUT2D eigenvalue weighted by molar-refractivity contribution is 7.99. The molecule has 0 saturated carbocycles. The molecule has 0 fully saturated rings. The van der Waals surface area contributed by atoms with Gasteiger partial charge in [0.1, 0.15) is 5.75 Å². The Bertz CT molecular complexity index is 355. The molecule has 3 nitrogen and oxygen atoms in total. The molecule has 1 unspecified atom stereocenters. The van der Waals surface area contributed by atoms with Gasteiger partial charge in [-0.1, -0.05) is 0 Å². The second kappa shape index (κ2) is 6.02. The van der Waals surface area contributed by atoms with E-state index in [4.69, 9.17) is 10.5 Å². The molecule has 0 aliphatic carbocycles. The first kappa shape index (κ1) is 12.4. The zero-order valence-electron chi connectivity index (χ0n) is 8.86. The third-order valence-electron chi connectivity index (χ3n) is 1.94. The summed E-state index contributed by atoms with van der Waals surface area (Å²) in [7, 11) is 0.551. The highest BCUT2D eigenvalue weighted by atomic mass is 32.2. The molecule has 84 valence electrons. The normalized spacial score (nSPS) is 12.4. The van der Waals surface area contributed by atoms with Crippen LogP contribution in [0.25, 0.3) is 0 Å². The van der Waals surface area contributed by atoms with Gasteiger partial charge < -0.3 is 10.5 Å². The first-order valence-electron chi connectivity index (χ1n) is 4.50. The number of nitrogens with two attached hydrogens (primary N) is 1. The number of methoxy groups -OCH3 is 1. The number of ether oxygens (including phenoxy) is 1. The molecule has 0 aliphatic rings. The van der Waals surface area contributed by atoms with Crippen LogP contribution in [0.5, 0.6) is 5.75 Å². The second-order valence-electron chi connectivity index (χ2n) is 2.95. The van der Waals surface area contributed by atoms with Gasteiger partial charge in [0, 0.05) is 17.2 Å². The van der Waals surface area contributed by atoms with E-state index >= 15 is 0 Å². The fourth-order valence-electron chi connectivity index (χ4n) is 1.11. The molecule has 0 heterocycles. The zero-order chi connectivity index (χ0) is 11.3. The van der Waals surface area contributed by atoms with Crippen molar-refractivity contribution in [3.8, 4) is 5.75 Å². The summed E-state index contributed by atoms with van der Waals surface area (Å²) < 4.78 is 16.9. The van der Waals surface area contributed by atoms with Gasteiger partial charge in [0.2, 0.25) is 0 Å². The summed E-state index contributed by atoms with van der Waals surface area (Å²) in [5.41, 5.74) is 6.33. The number of anilines is 1. The monoisotopic (exact) mass is 245 g/mol. The molecule has 5 heteroatoms. The zero-order valence-corrected chi connectivity index (χ0v) is 10.5. The molecule has 0 aliphatic heterocycles. The summed E-state index contributed by atoms with van der Waals surface area (Å²) in [6.45, 7) is 0. The van der Waals surface area contributed by atoms with E-state index in [0.29, 0.717) is 22.1 Å². The summed E-state index contributed by atoms with van der Waals surface area (Å²) >= 11 is 1.68. The maximum absolute atomic E-state index is 11.9. The molecule has 0 aromatic heterocycles. The third kappa shape index (κ3) is 3.43. The molecule has 0 radical (unpaired) electrons. The van der Waals surface area contributed by atoms with Crippen molar-refractivity contribution in [2.24, 2.45) is 0 Å². The molecule has 2 N–H and O–H groups in total. The number of hydrogen-bond acceptors (Lipinski definition) is 4. The fraction of sp³-hybridized carbons (Fsp3) is 0.400. The molecular formula is C10H15NO2S2. The average molecular weight is 245 g/mol. The van der Waals surface area contributed by atoms with Crippen LogP contribution >= 0.6 is 11.8 Å². The van der Waals surface area contributed by atoms with Gasteiger partial charge in [-0.3, -0.25) is 4.21 Å². The molecular weight excluding hydrogens is 230 g/mol. The van der Waals surface area contributed by atoms with Crippen molar-refractivity contribution < 1.29 is 8.95 Å². The lowest BCUT2D eigenvalue weighted by Crippen LogP contribution is -2.04. The van der Waals surface area contributed by atoms with Gasteiger partial charge in [0.15, 0.2) is 0 Å². The number of nitrogen functional groups attached to an aromatic ring is 1. The number of benzene rings is 1. The van der Waals surface area contributed by atoms with Gasteiger partial charge in [0.25, 0.3) is 0 Å². The van der Waals surface area contributed by atoms with Crippen molar-refractivity contribution in [3.05, 3.63) is 18.2 Å². The Morgan fingerprint density at radius 2 is 2.27 bits per heavy atom. The smallest absolute Gasteiger partial charge is 0.120 e. The number of hydrogen-bond donors (Lipinski definition) is 1. The molecule has 15 heavy (non-hydrogen) atoms. The molecule has 0 bridgehead atoms. The Hall–Kier alpha value is -0.680. The van der Waals surface area contributed by atoms with Crippen molar-refractivity contribution in [1.82, 2.24) is 0 Å². The van der Waals surface area contributed by atoms with Crippen LogP contribution in [0.3, 0.4) is 0 Å². The van der Waals surface area contributed by atoms with Gasteiger partial charge >= 0.3 is 0 Å². The average Bonchev–Trinajstić information content (AvgIpc) is 2.26. The summed E-state index contributed by atoms with van der Waals surface area (Å²) in [5.74, 6) is 2.18. The van der Waals surface area contributed by atoms with Crippen LogP contribution in [0.2, 0.25) is 0 Å². The minimum atomic E-state index is -1.03. The second-order valence-corrected chi connectivity index (χ2v) is 5.47. The molecule has 1 rings (SSSR count).